The van der Waals surface area contributed by atoms with Gasteiger partial charge in [-0.3, -0.25) is 14.2 Å². The summed E-state index contributed by atoms with van der Waals surface area (Å²) in [6.45, 7) is 1.75. The second-order valence-corrected chi connectivity index (χ2v) is 8.91. The molecule has 1 N–H and O–H groups in total. The number of hydrogen-bond acceptors (Lipinski definition) is 4. The summed E-state index contributed by atoms with van der Waals surface area (Å²) in [4.78, 5) is 30.8. The molecule has 0 spiro atoms. The third-order valence-electron chi connectivity index (χ3n) is 4.60. The number of nitrogens with one attached hydrogen (secondary N) is 1. The molecule has 0 saturated carbocycles. The molecule has 1 amide bonds. The van der Waals surface area contributed by atoms with E-state index in [0.717, 1.165) is 0 Å². The molecule has 0 radical (unpaired) electrons. The van der Waals surface area contributed by atoms with E-state index < -0.39 is 5.25 Å². The SMILES string of the molecule is CC(Sc1nc2ccccc2c(=O)n1-c1ccccc1)C(=O)Nc1cc(Cl)ccc1Cl. The number of benzene rings is 3. The average molecular weight is 470 g/mol. The summed E-state index contributed by atoms with van der Waals surface area (Å²) >= 11 is 13.4. The molecule has 3 aromatic carbocycles. The van der Waals surface area contributed by atoms with Crippen LogP contribution in [0.1, 0.15) is 6.92 Å². The molecule has 1 aromatic heterocycles. The maximum atomic E-state index is 13.3. The fourth-order valence-corrected chi connectivity index (χ4v) is 4.30. The number of thioether (sulfide) groups is 1. The molecule has 0 bridgehead atoms. The van der Waals surface area contributed by atoms with Gasteiger partial charge >= 0.3 is 0 Å². The minimum Gasteiger partial charge on any atom is -0.324 e. The summed E-state index contributed by atoms with van der Waals surface area (Å²) < 4.78 is 1.53. The monoisotopic (exact) mass is 469 g/mol. The zero-order chi connectivity index (χ0) is 22.0. The van der Waals surface area contributed by atoms with E-state index in [4.69, 9.17) is 23.2 Å². The lowest BCUT2D eigenvalue weighted by Gasteiger charge is -2.17. The third kappa shape index (κ3) is 4.61. The standard InChI is InChI=1S/C23H17Cl2N3O2S/c1-14(21(29)26-20-13-15(24)11-12-18(20)25)31-23-27-19-10-6-5-9-17(19)22(30)28(23)16-7-3-2-4-8-16/h2-14H,1H3,(H,26,29). The Morgan fingerprint density at radius 1 is 1.03 bits per heavy atom. The van der Waals surface area contributed by atoms with Gasteiger partial charge in [-0.1, -0.05) is 65.3 Å². The van der Waals surface area contributed by atoms with Crippen LogP contribution in [-0.4, -0.2) is 20.7 Å². The molecular weight excluding hydrogens is 453 g/mol. The number of fused-ring (bicyclic) bond motifs is 1. The van der Waals surface area contributed by atoms with Crippen molar-refractivity contribution in [3.63, 3.8) is 0 Å². The Morgan fingerprint density at radius 2 is 1.74 bits per heavy atom. The summed E-state index contributed by atoms with van der Waals surface area (Å²) in [5.74, 6) is -0.281. The highest BCUT2D eigenvalue weighted by Gasteiger charge is 2.21. The van der Waals surface area contributed by atoms with E-state index in [1.165, 1.54) is 16.3 Å². The van der Waals surface area contributed by atoms with Crippen molar-refractivity contribution < 1.29 is 4.79 Å². The van der Waals surface area contributed by atoms with Crippen LogP contribution in [0.3, 0.4) is 0 Å². The van der Waals surface area contributed by atoms with Crippen LogP contribution in [0, 0.1) is 0 Å². The van der Waals surface area contributed by atoms with Crippen molar-refractivity contribution in [2.24, 2.45) is 0 Å². The highest BCUT2D eigenvalue weighted by Crippen LogP contribution is 2.29. The number of carbonyl (C=O) groups is 1. The molecule has 1 unspecified atom stereocenters. The minimum atomic E-state index is -0.557. The molecule has 4 rings (SSSR count). The van der Waals surface area contributed by atoms with Gasteiger partial charge in [0, 0.05) is 5.02 Å². The van der Waals surface area contributed by atoms with Gasteiger partial charge in [0.25, 0.3) is 5.56 Å². The maximum absolute atomic E-state index is 13.3. The molecule has 4 aromatic rings. The highest BCUT2D eigenvalue weighted by molar-refractivity contribution is 8.00. The normalized spacial score (nSPS) is 12.0. The van der Waals surface area contributed by atoms with Gasteiger partial charge in [-0.05, 0) is 49.4 Å². The number of amides is 1. The number of hydrogen-bond donors (Lipinski definition) is 1. The van der Waals surface area contributed by atoms with Crippen LogP contribution in [0.5, 0.6) is 0 Å². The summed E-state index contributed by atoms with van der Waals surface area (Å²) in [6, 6.07) is 21.3. The van der Waals surface area contributed by atoms with E-state index in [2.05, 4.69) is 10.3 Å². The van der Waals surface area contributed by atoms with Gasteiger partial charge in [-0.25, -0.2) is 4.98 Å². The highest BCUT2D eigenvalue weighted by atomic mass is 35.5. The molecule has 1 atom stereocenters. The Balaban J connectivity index is 1.71. The Kier molecular flexibility index (Phi) is 6.32. The van der Waals surface area contributed by atoms with Gasteiger partial charge in [-0.2, -0.15) is 0 Å². The molecule has 0 aliphatic heterocycles. The maximum Gasteiger partial charge on any atom is 0.266 e. The summed E-state index contributed by atoms with van der Waals surface area (Å²) in [6.07, 6.45) is 0. The molecule has 0 saturated heterocycles. The zero-order valence-corrected chi connectivity index (χ0v) is 18.7. The van der Waals surface area contributed by atoms with E-state index in [1.807, 2.05) is 36.4 Å². The van der Waals surface area contributed by atoms with Gasteiger partial charge in [0.05, 0.1) is 32.6 Å². The van der Waals surface area contributed by atoms with Crippen LogP contribution in [-0.2, 0) is 4.79 Å². The van der Waals surface area contributed by atoms with Crippen LogP contribution in [0.15, 0.2) is 82.7 Å². The zero-order valence-electron chi connectivity index (χ0n) is 16.4. The van der Waals surface area contributed by atoms with Gasteiger partial charge in [0.15, 0.2) is 5.16 Å². The van der Waals surface area contributed by atoms with E-state index >= 15 is 0 Å². The quantitative estimate of drug-likeness (QED) is 0.295. The smallest absolute Gasteiger partial charge is 0.266 e. The molecule has 0 aliphatic carbocycles. The Bertz CT molecular complexity index is 1330. The summed E-state index contributed by atoms with van der Waals surface area (Å²) in [5.41, 5.74) is 1.50. The summed E-state index contributed by atoms with van der Waals surface area (Å²) in [5, 5.41) is 4.03. The van der Waals surface area contributed by atoms with Gasteiger partial charge < -0.3 is 5.32 Å². The first-order valence-electron chi connectivity index (χ1n) is 9.44. The largest absolute Gasteiger partial charge is 0.324 e. The van der Waals surface area contributed by atoms with Crippen LogP contribution >= 0.6 is 35.0 Å². The van der Waals surface area contributed by atoms with Crippen LogP contribution < -0.4 is 10.9 Å². The van der Waals surface area contributed by atoms with Crippen molar-refractivity contribution in [2.45, 2.75) is 17.3 Å². The molecule has 0 aliphatic rings. The number of aromatic nitrogens is 2. The fourth-order valence-electron chi connectivity index (χ4n) is 3.04. The number of halogens is 2. The number of rotatable bonds is 5. The first-order valence-corrected chi connectivity index (χ1v) is 11.1. The van der Waals surface area contributed by atoms with Crippen molar-refractivity contribution in [2.75, 3.05) is 5.32 Å². The minimum absolute atomic E-state index is 0.190. The fraction of sp³-hybridized carbons (Fsp3) is 0.0870. The van der Waals surface area contributed by atoms with Gasteiger partial charge in [0.1, 0.15) is 0 Å². The van der Waals surface area contributed by atoms with Gasteiger partial charge in [-0.15, -0.1) is 0 Å². The lowest BCUT2D eigenvalue weighted by Crippen LogP contribution is -2.26. The van der Waals surface area contributed by atoms with Crippen molar-refractivity contribution in [3.05, 3.63) is 93.2 Å². The number of anilines is 1. The second kappa shape index (κ2) is 9.14. The van der Waals surface area contributed by atoms with Crippen molar-refractivity contribution in [1.82, 2.24) is 9.55 Å². The van der Waals surface area contributed by atoms with Gasteiger partial charge in [0.2, 0.25) is 5.91 Å². The Morgan fingerprint density at radius 3 is 2.52 bits per heavy atom. The first kappa shape index (κ1) is 21.4. The molecule has 0 fully saturated rings. The number of carbonyl (C=O) groups excluding carboxylic acids is 1. The second-order valence-electron chi connectivity index (χ2n) is 6.76. The van der Waals surface area contributed by atoms with E-state index in [0.29, 0.717) is 37.5 Å². The lowest BCUT2D eigenvalue weighted by molar-refractivity contribution is -0.115. The lowest BCUT2D eigenvalue weighted by atomic mass is 10.2. The molecule has 8 heteroatoms. The first-order chi connectivity index (χ1) is 14.9. The average Bonchev–Trinajstić information content (AvgIpc) is 2.77. The molecular formula is C23H17Cl2N3O2S. The van der Waals surface area contributed by atoms with Crippen LogP contribution in [0.25, 0.3) is 16.6 Å². The molecule has 1 heterocycles. The van der Waals surface area contributed by atoms with E-state index in [9.17, 15) is 9.59 Å². The van der Waals surface area contributed by atoms with Crippen molar-refractivity contribution >= 4 is 57.5 Å². The topological polar surface area (TPSA) is 64.0 Å². The van der Waals surface area contributed by atoms with Crippen LogP contribution in [0.4, 0.5) is 5.69 Å². The van der Waals surface area contributed by atoms with Crippen molar-refractivity contribution in [3.8, 4) is 5.69 Å². The number of para-hydroxylation sites is 2. The molecule has 5 nitrogen and oxygen atoms in total. The van der Waals surface area contributed by atoms with E-state index in [-0.39, 0.29) is 11.5 Å². The Labute approximate surface area is 193 Å². The molecule has 31 heavy (non-hydrogen) atoms. The van der Waals surface area contributed by atoms with Crippen LogP contribution in [0.2, 0.25) is 10.0 Å². The predicted molar refractivity (Wildman–Crippen MR) is 128 cm³/mol. The van der Waals surface area contributed by atoms with Crippen molar-refractivity contribution in [1.29, 1.82) is 0 Å². The predicted octanol–water partition coefficient (Wildman–Crippen LogP) is 5.81. The van der Waals surface area contributed by atoms with E-state index in [1.54, 1.807) is 43.3 Å². The third-order valence-corrected chi connectivity index (χ3v) is 6.21. The summed E-state index contributed by atoms with van der Waals surface area (Å²) in [7, 11) is 0. The number of nitrogens with zero attached hydrogens (tertiary/aromatic N) is 2. The Hall–Kier alpha value is -2.80. The molecule has 156 valence electrons.